The quantitative estimate of drug-likeness (QED) is 0.0195. The van der Waals surface area contributed by atoms with E-state index in [1.165, 1.54) is 218 Å². The monoisotopic (exact) mass is 1130 g/mol. The summed E-state index contributed by atoms with van der Waals surface area (Å²) < 4.78 is 17.6. The number of unbranched alkanes of at least 4 members (excludes halogenated alkanes) is 38. The van der Waals surface area contributed by atoms with Gasteiger partial charge in [-0.05, 0) is 70.6 Å². The molecule has 0 aliphatic carbocycles. The Morgan fingerprint density at radius 1 is 0.487 bits per heavy atom. The molecule has 1 heterocycles. The summed E-state index contributed by atoms with van der Waals surface area (Å²) in [4.78, 5) is 26.5. The fourth-order valence-corrected chi connectivity index (χ4v) is 10.6. The van der Waals surface area contributed by atoms with Crippen molar-refractivity contribution in [3.8, 4) is 0 Å². The van der Waals surface area contributed by atoms with Gasteiger partial charge in [-0.2, -0.15) is 0 Å². The first-order valence-corrected chi connectivity index (χ1v) is 33.9. The molecule has 11 heteroatoms. The SMILES string of the molecule is CCCCCCCC/C=C\C/C=C/CCC(=O)OC1C(OCC(NC(=O)C(O)CCCCCCCCCCCCCCCCCC/C=C/CCCCCCCC)C(O)/C=C/CCCCCCCCCCCC)OC(CO)C(O)C1O. The molecule has 1 fully saturated rings. The van der Waals surface area contributed by atoms with Gasteiger partial charge in [0.2, 0.25) is 5.91 Å². The molecular weight excluding hydrogens is 1000 g/mol. The van der Waals surface area contributed by atoms with E-state index >= 15 is 0 Å². The van der Waals surface area contributed by atoms with Crippen molar-refractivity contribution < 1.29 is 49.3 Å². The first-order chi connectivity index (χ1) is 39.2. The zero-order valence-corrected chi connectivity index (χ0v) is 52.0. The van der Waals surface area contributed by atoms with Crippen LogP contribution >= 0.6 is 0 Å². The Kier molecular flexibility index (Phi) is 54.0. The van der Waals surface area contributed by atoms with Crippen LogP contribution in [0.15, 0.2) is 48.6 Å². The number of aliphatic hydroxyl groups is 5. The van der Waals surface area contributed by atoms with Crippen LogP contribution in [0.3, 0.4) is 0 Å². The highest BCUT2D eigenvalue weighted by Crippen LogP contribution is 2.26. The number of nitrogens with one attached hydrogen (secondary N) is 1. The van der Waals surface area contributed by atoms with Gasteiger partial charge in [-0.1, -0.05) is 288 Å². The molecule has 0 bridgehead atoms. The number of esters is 1. The molecule has 0 radical (unpaired) electrons. The Balaban J connectivity index is 2.57. The van der Waals surface area contributed by atoms with Crippen LogP contribution in [0.4, 0.5) is 0 Å². The second kappa shape index (κ2) is 57.1. The minimum atomic E-state index is -1.63. The number of ether oxygens (including phenoxy) is 3. The Hall–Kier alpha value is -2.38. The Bertz CT molecular complexity index is 1490. The van der Waals surface area contributed by atoms with Gasteiger partial charge >= 0.3 is 5.97 Å². The van der Waals surface area contributed by atoms with Gasteiger partial charge in [-0.3, -0.25) is 9.59 Å². The van der Waals surface area contributed by atoms with E-state index in [9.17, 15) is 35.1 Å². The Morgan fingerprint density at radius 3 is 1.29 bits per heavy atom. The van der Waals surface area contributed by atoms with Crippen molar-refractivity contribution in [3.05, 3.63) is 48.6 Å². The van der Waals surface area contributed by atoms with Gasteiger partial charge in [-0.15, -0.1) is 0 Å². The van der Waals surface area contributed by atoms with Gasteiger partial charge in [0.25, 0.3) is 0 Å². The molecule has 1 aliphatic heterocycles. The summed E-state index contributed by atoms with van der Waals surface area (Å²) >= 11 is 0. The van der Waals surface area contributed by atoms with E-state index in [-0.39, 0.29) is 19.4 Å². The minimum Gasteiger partial charge on any atom is -0.454 e. The molecule has 1 rings (SSSR count). The summed E-state index contributed by atoms with van der Waals surface area (Å²) in [6.45, 7) is 5.77. The average molecular weight is 1130 g/mol. The number of carbonyl (C=O) groups is 2. The van der Waals surface area contributed by atoms with Crippen molar-refractivity contribution in [3.63, 3.8) is 0 Å². The highest BCUT2D eigenvalue weighted by atomic mass is 16.7. The van der Waals surface area contributed by atoms with Gasteiger partial charge < -0.3 is 45.1 Å². The lowest BCUT2D eigenvalue weighted by Crippen LogP contribution is -2.61. The summed E-state index contributed by atoms with van der Waals surface area (Å²) in [5, 5.41) is 57.0. The van der Waals surface area contributed by atoms with E-state index < -0.39 is 67.4 Å². The summed E-state index contributed by atoms with van der Waals surface area (Å²) in [5.41, 5.74) is 0. The summed E-state index contributed by atoms with van der Waals surface area (Å²) in [7, 11) is 0. The first kappa shape index (κ1) is 75.6. The van der Waals surface area contributed by atoms with Crippen LogP contribution in [0.1, 0.15) is 316 Å². The van der Waals surface area contributed by atoms with Crippen LogP contribution in [0.25, 0.3) is 0 Å². The molecular formula is C69H127NO10. The van der Waals surface area contributed by atoms with Crippen LogP contribution in [0.2, 0.25) is 0 Å². The number of amides is 1. The van der Waals surface area contributed by atoms with Gasteiger partial charge in [0.1, 0.15) is 24.4 Å². The molecule has 0 spiro atoms. The second-order valence-electron chi connectivity index (χ2n) is 23.6. The van der Waals surface area contributed by atoms with Gasteiger partial charge in [0, 0.05) is 6.42 Å². The lowest BCUT2D eigenvalue weighted by Gasteiger charge is -2.41. The number of hydrogen-bond donors (Lipinski definition) is 6. The maximum atomic E-state index is 13.5. The molecule has 468 valence electrons. The van der Waals surface area contributed by atoms with Crippen molar-refractivity contribution in [2.75, 3.05) is 13.2 Å². The van der Waals surface area contributed by atoms with Crippen molar-refractivity contribution in [1.82, 2.24) is 5.32 Å². The third kappa shape index (κ3) is 44.2. The van der Waals surface area contributed by atoms with Crippen molar-refractivity contribution in [2.45, 2.75) is 365 Å². The van der Waals surface area contributed by atoms with Gasteiger partial charge in [0.15, 0.2) is 12.4 Å². The predicted molar refractivity (Wildman–Crippen MR) is 334 cm³/mol. The highest BCUT2D eigenvalue weighted by molar-refractivity contribution is 5.80. The minimum absolute atomic E-state index is 0.0190. The van der Waals surface area contributed by atoms with Crippen LogP contribution in [0.5, 0.6) is 0 Å². The summed E-state index contributed by atoms with van der Waals surface area (Å²) in [6.07, 6.45) is 60.4. The first-order valence-electron chi connectivity index (χ1n) is 33.9. The molecule has 8 unspecified atom stereocenters. The topological polar surface area (TPSA) is 175 Å². The number of aliphatic hydroxyl groups excluding tert-OH is 5. The molecule has 11 nitrogen and oxygen atoms in total. The Morgan fingerprint density at radius 2 is 0.863 bits per heavy atom. The zero-order valence-electron chi connectivity index (χ0n) is 52.0. The molecule has 0 aromatic heterocycles. The normalized spacial score (nSPS) is 19.0. The summed E-state index contributed by atoms with van der Waals surface area (Å²) in [5.74, 6) is -1.26. The molecule has 1 saturated heterocycles. The van der Waals surface area contributed by atoms with E-state index in [2.05, 4.69) is 50.4 Å². The Labute approximate surface area is 491 Å². The number of carbonyl (C=O) groups excluding carboxylic acids is 2. The lowest BCUT2D eigenvalue weighted by atomic mass is 9.99. The molecule has 0 saturated carbocycles. The fraction of sp³-hybridized carbons (Fsp3) is 0.855. The molecule has 1 aliphatic rings. The van der Waals surface area contributed by atoms with Crippen molar-refractivity contribution in [1.29, 1.82) is 0 Å². The third-order valence-corrected chi connectivity index (χ3v) is 16.0. The van der Waals surface area contributed by atoms with Crippen LogP contribution in [-0.4, -0.2) is 99.6 Å². The maximum Gasteiger partial charge on any atom is 0.306 e. The van der Waals surface area contributed by atoms with E-state index in [0.29, 0.717) is 12.8 Å². The average Bonchev–Trinajstić information content (AvgIpc) is 3.45. The molecule has 8 atom stereocenters. The molecule has 1 amide bonds. The highest BCUT2D eigenvalue weighted by Gasteiger charge is 2.47. The standard InChI is InChI=1S/C69H127NO10/c1-4-7-10-13-16-19-22-25-26-27-28-29-30-31-32-33-34-35-36-37-39-41-44-47-50-53-56-62(73)68(77)70-60(61(72)55-52-49-46-43-40-24-21-18-15-12-9-6-3)59-78-69-67(66(76)65(75)63(58-71)79-69)80-64(74)57-54-51-48-45-42-38-23-20-17-14-11-8-5-2/h25-26,38,42,48,51-52,55,60-63,65-67,69,71-73,75-76H,4-24,27-37,39-41,43-47,49-50,53-54,56-59H2,1-3H3,(H,70,77)/b26-25+,42-38-,51-48+,55-52+. The lowest BCUT2D eigenvalue weighted by molar-refractivity contribution is -0.305. The van der Waals surface area contributed by atoms with Gasteiger partial charge in [-0.25, -0.2) is 0 Å². The van der Waals surface area contributed by atoms with E-state index in [1.807, 2.05) is 18.2 Å². The third-order valence-electron chi connectivity index (χ3n) is 16.0. The fourth-order valence-electron chi connectivity index (χ4n) is 10.6. The van der Waals surface area contributed by atoms with E-state index in [0.717, 1.165) is 51.4 Å². The summed E-state index contributed by atoms with van der Waals surface area (Å²) in [6, 6.07) is -1.03. The number of rotatable bonds is 58. The number of hydrogen-bond acceptors (Lipinski definition) is 10. The van der Waals surface area contributed by atoms with E-state index in [4.69, 9.17) is 14.2 Å². The van der Waals surface area contributed by atoms with Crippen molar-refractivity contribution in [2.24, 2.45) is 0 Å². The van der Waals surface area contributed by atoms with E-state index in [1.54, 1.807) is 6.08 Å². The molecule has 0 aromatic rings. The predicted octanol–water partition coefficient (Wildman–Crippen LogP) is 16.8. The van der Waals surface area contributed by atoms with Crippen molar-refractivity contribution >= 4 is 11.9 Å². The smallest absolute Gasteiger partial charge is 0.306 e. The molecule has 0 aromatic carbocycles. The molecule has 6 N–H and O–H groups in total. The van der Waals surface area contributed by atoms with Crippen LogP contribution in [-0.2, 0) is 23.8 Å². The largest absolute Gasteiger partial charge is 0.454 e. The molecule has 80 heavy (non-hydrogen) atoms. The zero-order chi connectivity index (χ0) is 58.2. The van der Waals surface area contributed by atoms with Gasteiger partial charge in [0.05, 0.1) is 25.4 Å². The van der Waals surface area contributed by atoms with Crippen LogP contribution < -0.4 is 5.32 Å². The van der Waals surface area contributed by atoms with Crippen LogP contribution in [0, 0.1) is 0 Å². The maximum absolute atomic E-state index is 13.5. The number of allylic oxidation sites excluding steroid dienone is 7. The second-order valence-corrected chi connectivity index (χ2v) is 23.6.